The Morgan fingerprint density at radius 1 is 1.15 bits per heavy atom. The van der Waals surface area contributed by atoms with E-state index in [0.717, 1.165) is 41.3 Å². The third-order valence-electron chi connectivity index (χ3n) is 5.33. The lowest BCUT2D eigenvalue weighted by atomic mass is 9.92. The summed E-state index contributed by atoms with van der Waals surface area (Å²) in [4.78, 5) is 18.1. The minimum absolute atomic E-state index is 0.116. The maximum atomic E-state index is 12.7. The van der Waals surface area contributed by atoms with Crippen LogP contribution in [0.15, 0.2) is 40.9 Å². The Morgan fingerprint density at radius 3 is 2.63 bits per heavy atom. The number of hydrogen-bond donors (Lipinski definition) is 0. The number of carbonyl (C=O) groups excluding carboxylic acids is 1. The molecule has 4 rings (SSSR count). The summed E-state index contributed by atoms with van der Waals surface area (Å²) in [6.07, 6.45) is 3.77. The molecule has 0 N–H and O–H groups in total. The molecule has 1 fully saturated rings. The number of amides is 1. The normalized spacial score (nSPS) is 21.7. The van der Waals surface area contributed by atoms with Gasteiger partial charge in [0.25, 0.3) is 5.91 Å². The van der Waals surface area contributed by atoms with Crippen LogP contribution in [0.5, 0.6) is 5.75 Å². The highest BCUT2D eigenvalue weighted by Crippen LogP contribution is 2.35. The van der Waals surface area contributed by atoms with E-state index in [1.165, 1.54) is 0 Å². The molecule has 1 aliphatic heterocycles. The number of hydrogen-bond acceptors (Lipinski definition) is 2. The minimum Gasteiger partial charge on any atom is -0.490 e. The summed E-state index contributed by atoms with van der Waals surface area (Å²) in [5.41, 5.74) is 2.36. The van der Waals surface area contributed by atoms with E-state index in [1.807, 2.05) is 23.1 Å². The second-order valence-corrected chi connectivity index (χ2v) is 8.33. The van der Waals surface area contributed by atoms with Gasteiger partial charge in [-0.15, -0.1) is 0 Å². The molecule has 0 aromatic heterocycles. The van der Waals surface area contributed by atoms with Gasteiger partial charge in [-0.3, -0.25) is 4.79 Å². The maximum absolute atomic E-state index is 12.7. The van der Waals surface area contributed by atoms with Gasteiger partial charge >= 0.3 is 0 Å². The van der Waals surface area contributed by atoms with Crippen LogP contribution >= 0.6 is 27.5 Å². The zero-order valence-corrected chi connectivity index (χ0v) is 17.0. The molecular weight excluding hydrogens is 428 g/mol. The van der Waals surface area contributed by atoms with Gasteiger partial charge in [0.2, 0.25) is 5.69 Å². The van der Waals surface area contributed by atoms with Crippen molar-refractivity contribution in [3.05, 3.63) is 68.4 Å². The second kappa shape index (κ2) is 7.53. The lowest BCUT2D eigenvalue weighted by Gasteiger charge is -2.34. The van der Waals surface area contributed by atoms with Gasteiger partial charge in [-0.05, 0) is 61.6 Å². The Kier molecular flexibility index (Phi) is 5.12. The molecule has 0 bridgehead atoms. The van der Waals surface area contributed by atoms with Crippen LogP contribution in [0.3, 0.4) is 0 Å². The molecule has 1 aliphatic carbocycles. The largest absolute Gasteiger partial charge is 0.490 e. The molecule has 1 amide bonds. The molecule has 2 aromatic carbocycles. The van der Waals surface area contributed by atoms with E-state index < -0.39 is 0 Å². The summed E-state index contributed by atoms with van der Waals surface area (Å²) in [5, 5.41) is 0.419. The molecular formula is C21H18BrClN2O2. The number of carbonyl (C=O) groups is 1. The van der Waals surface area contributed by atoms with Crippen LogP contribution < -0.4 is 4.74 Å². The molecule has 138 valence electrons. The summed E-state index contributed by atoms with van der Waals surface area (Å²) in [7, 11) is 0. The van der Waals surface area contributed by atoms with Crippen molar-refractivity contribution in [2.24, 2.45) is 0 Å². The van der Waals surface area contributed by atoms with Crippen LogP contribution in [0, 0.1) is 6.57 Å². The van der Waals surface area contributed by atoms with Gasteiger partial charge in [-0.1, -0.05) is 33.6 Å². The summed E-state index contributed by atoms with van der Waals surface area (Å²) < 4.78 is 7.06. The fourth-order valence-electron chi connectivity index (χ4n) is 3.93. The van der Waals surface area contributed by atoms with Crippen molar-refractivity contribution >= 4 is 39.1 Å². The first-order valence-electron chi connectivity index (χ1n) is 8.98. The number of benzene rings is 2. The van der Waals surface area contributed by atoms with E-state index in [4.69, 9.17) is 22.9 Å². The Morgan fingerprint density at radius 2 is 1.93 bits per heavy atom. The van der Waals surface area contributed by atoms with Crippen molar-refractivity contribution in [3.8, 4) is 5.75 Å². The van der Waals surface area contributed by atoms with Gasteiger partial charge in [-0.2, -0.15) is 0 Å². The maximum Gasteiger partial charge on any atom is 0.254 e. The topological polar surface area (TPSA) is 33.9 Å². The molecule has 2 aliphatic rings. The Labute approximate surface area is 172 Å². The Bertz CT molecular complexity index is 932. The molecule has 1 heterocycles. The average Bonchev–Trinajstić information content (AvgIpc) is 2.98. The van der Waals surface area contributed by atoms with Crippen molar-refractivity contribution in [2.45, 2.75) is 44.4 Å². The molecule has 0 unspecified atom stereocenters. The number of nitrogens with zero attached hydrogens (tertiary/aromatic N) is 2. The predicted molar refractivity (Wildman–Crippen MR) is 108 cm³/mol. The fraction of sp³-hybridized carbons (Fsp3) is 0.333. The zero-order chi connectivity index (χ0) is 19.0. The molecule has 0 radical (unpaired) electrons. The van der Waals surface area contributed by atoms with Crippen LogP contribution in [-0.2, 0) is 6.54 Å². The lowest BCUT2D eigenvalue weighted by molar-refractivity contribution is 0.0561. The fourth-order valence-corrected chi connectivity index (χ4v) is 4.55. The van der Waals surface area contributed by atoms with Crippen molar-refractivity contribution in [2.75, 3.05) is 0 Å². The number of halogens is 2. The van der Waals surface area contributed by atoms with Gasteiger partial charge in [-0.25, -0.2) is 4.85 Å². The SMILES string of the molecule is [C-]#[N+]c1ccc(OC2CCC(N3Cc4cc(Br)ccc4C3=O)CC2)cc1Cl. The zero-order valence-electron chi connectivity index (χ0n) is 14.6. The van der Waals surface area contributed by atoms with Crippen LogP contribution in [0.1, 0.15) is 41.6 Å². The third kappa shape index (κ3) is 3.69. The van der Waals surface area contributed by atoms with E-state index in [0.29, 0.717) is 23.0 Å². The summed E-state index contributed by atoms with van der Waals surface area (Å²) in [5.74, 6) is 0.841. The van der Waals surface area contributed by atoms with E-state index in [-0.39, 0.29) is 18.1 Å². The van der Waals surface area contributed by atoms with Gasteiger partial charge in [0.1, 0.15) is 5.75 Å². The standard InChI is InChI=1S/C21H18BrClN2O2/c1-24-20-9-7-17(11-19(20)23)27-16-5-3-15(4-6-16)25-12-13-10-14(22)2-8-18(13)21(25)26/h2,7-11,15-16H,3-6,12H2. The smallest absolute Gasteiger partial charge is 0.254 e. The minimum atomic E-state index is 0.116. The Balaban J connectivity index is 1.36. The monoisotopic (exact) mass is 444 g/mol. The van der Waals surface area contributed by atoms with Crippen LogP contribution in [0.2, 0.25) is 5.02 Å². The Hall–Kier alpha value is -2.03. The molecule has 4 nitrogen and oxygen atoms in total. The first kappa shape index (κ1) is 18.3. The van der Waals surface area contributed by atoms with Crippen molar-refractivity contribution < 1.29 is 9.53 Å². The van der Waals surface area contributed by atoms with Gasteiger partial charge < -0.3 is 9.64 Å². The van der Waals surface area contributed by atoms with Crippen LogP contribution in [0.4, 0.5) is 5.69 Å². The molecule has 0 spiro atoms. The summed E-state index contributed by atoms with van der Waals surface area (Å²) in [6.45, 7) is 7.75. The summed E-state index contributed by atoms with van der Waals surface area (Å²) >= 11 is 9.57. The predicted octanol–water partition coefficient (Wildman–Crippen LogP) is 6.00. The van der Waals surface area contributed by atoms with Crippen molar-refractivity contribution in [3.63, 3.8) is 0 Å². The molecule has 27 heavy (non-hydrogen) atoms. The van der Waals surface area contributed by atoms with E-state index in [1.54, 1.807) is 18.2 Å². The highest BCUT2D eigenvalue weighted by Gasteiger charge is 2.35. The number of fused-ring (bicyclic) bond motifs is 1. The molecule has 0 atom stereocenters. The van der Waals surface area contributed by atoms with Gasteiger partial charge in [0.05, 0.1) is 17.7 Å². The number of rotatable bonds is 3. The van der Waals surface area contributed by atoms with Gasteiger partial charge in [0.15, 0.2) is 0 Å². The van der Waals surface area contributed by atoms with Crippen LogP contribution in [-0.4, -0.2) is 23.0 Å². The lowest BCUT2D eigenvalue weighted by Crippen LogP contribution is -2.40. The molecule has 1 saturated carbocycles. The highest BCUT2D eigenvalue weighted by atomic mass is 79.9. The third-order valence-corrected chi connectivity index (χ3v) is 6.12. The van der Waals surface area contributed by atoms with E-state index >= 15 is 0 Å². The van der Waals surface area contributed by atoms with Crippen molar-refractivity contribution in [1.29, 1.82) is 0 Å². The van der Waals surface area contributed by atoms with Crippen molar-refractivity contribution in [1.82, 2.24) is 4.90 Å². The van der Waals surface area contributed by atoms with E-state index in [9.17, 15) is 4.79 Å². The first-order valence-corrected chi connectivity index (χ1v) is 10.2. The first-order chi connectivity index (χ1) is 13.0. The highest BCUT2D eigenvalue weighted by molar-refractivity contribution is 9.10. The van der Waals surface area contributed by atoms with Gasteiger partial charge in [0, 0.05) is 22.6 Å². The van der Waals surface area contributed by atoms with E-state index in [2.05, 4.69) is 20.8 Å². The quantitative estimate of drug-likeness (QED) is 0.543. The average molecular weight is 446 g/mol. The molecule has 6 heteroatoms. The summed E-state index contributed by atoms with van der Waals surface area (Å²) in [6, 6.07) is 11.3. The number of ether oxygens (including phenoxy) is 1. The van der Waals surface area contributed by atoms with Crippen LogP contribution in [0.25, 0.3) is 4.85 Å². The molecule has 0 saturated heterocycles. The molecule has 2 aromatic rings. The second-order valence-electron chi connectivity index (χ2n) is 7.01.